The van der Waals surface area contributed by atoms with Gasteiger partial charge in [-0.1, -0.05) is 6.07 Å². The van der Waals surface area contributed by atoms with Crippen LogP contribution < -0.4 is 15.8 Å². The largest absolute Gasteiger partial charge is 0.493 e. The number of nitrogens with two attached hydrogens (primary N) is 1. The first-order valence-corrected chi connectivity index (χ1v) is 6.52. The summed E-state index contributed by atoms with van der Waals surface area (Å²) in [5.74, 6) is 0.523. The second kappa shape index (κ2) is 4.71. The predicted molar refractivity (Wildman–Crippen MR) is 68.8 cm³/mol. The molecule has 0 saturated carbocycles. The number of hydrogen-bond acceptors (Lipinski definition) is 3. The normalized spacial score (nSPS) is 25.3. The van der Waals surface area contributed by atoms with Gasteiger partial charge in [0.2, 0.25) is 0 Å². The van der Waals surface area contributed by atoms with Crippen LogP contribution in [0.1, 0.15) is 18.0 Å². The van der Waals surface area contributed by atoms with E-state index in [-0.39, 0.29) is 0 Å². The molecule has 2 aliphatic rings. The van der Waals surface area contributed by atoms with Crippen molar-refractivity contribution in [3.8, 4) is 5.75 Å². The highest BCUT2D eigenvalue weighted by atomic mass is 19.4. The Morgan fingerprint density at radius 1 is 1.38 bits per heavy atom. The van der Waals surface area contributed by atoms with Crippen LogP contribution in [0.3, 0.4) is 0 Å². The van der Waals surface area contributed by atoms with Crippen LogP contribution in [0, 0.1) is 0 Å². The first kappa shape index (κ1) is 13.8. The highest BCUT2D eigenvalue weighted by molar-refractivity contribution is 5.78. The Labute approximate surface area is 118 Å². The highest BCUT2D eigenvalue weighted by Crippen LogP contribution is 2.39. The van der Waals surface area contributed by atoms with Crippen LogP contribution in [-0.4, -0.2) is 36.3 Å². The van der Waals surface area contributed by atoms with Crippen molar-refractivity contribution in [3.05, 3.63) is 23.8 Å². The average molecular weight is 301 g/mol. The van der Waals surface area contributed by atoms with Crippen molar-refractivity contribution in [2.24, 2.45) is 0 Å². The van der Waals surface area contributed by atoms with Crippen molar-refractivity contribution in [1.29, 1.82) is 0 Å². The zero-order valence-corrected chi connectivity index (χ0v) is 11.0. The van der Waals surface area contributed by atoms with Crippen molar-refractivity contribution < 1.29 is 22.7 Å². The molecule has 21 heavy (non-hydrogen) atoms. The predicted octanol–water partition coefficient (Wildman–Crippen LogP) is 2.05. The van der Waals surface area contributed by atoms with E-state index in [4.69, 9.17) is 10.5 Å². The maximum atomic E-state index is 12.7. The van der Waals surface area contributed by atoms with Crippen LogP contribution in [0.15, 0.2) is 18.2 Å². The van der Waals surface area contributed by atoms with Crippen LogP contribution in [0.4, 0.5) is 23.7 Å². The summed E-state index contributed by atoms with van der Waals surface area (Å²) >= 11 is 0. The molecule has 2 aliphatic heterocycles. The van der Waals surface area contributed by atoms with E-state index >= 15 is 0 Å². The van der Waals surface area contributed by atoms with Gasteiger partial charge in [0.25, 0.3) is 0 Å². The molecule has 1 aromatic carbocycles. The van der Waals surface area contributed by atoms with Gasteiger partial charge < -0.3 is 20.7 Å². The number of anilines is 1. The Kier molecular flexibility index (Phi) is 3.11. The van der Waals surface area contributed by atoms with Crippen molar-refractivity contribution in [2.75, 3.05) is 18.9 Å². The van der Waals surface area contributed by atoms with E-state index in [0.717, 1.165) is 0 Å². The number of nitrogen functional groups attached to an aromatic ring is 1. The van der Waals surface area contributed by atoms with Crippen molar-refractivity contribution in [2.45, 2.75) is 24.7 Å². The number of urea groups is 1. The van der Waals surface area contributed by atoms with Gasteiger partial charge in [-0.25, -0.2) is 4.79 Å². The molecule has 0 unspecified atom stereocenters. The van der Waals surface area contributed by atoms with E-state index < -0.39 is 30.8 Å². The summed E-state index contributed by atoms with van der Waals surface area (Å²) in [5, 5.41) is 1.98. The molecule has 0 spiro atoms. The summed E-state index contributed by atoms with van der Waals surface area (Å²) in [5.41, 5.74) is 6.86. The molecule has 0 aromatic heterocycles. The molecule has 1 fully saturated rings. The molecule has 8 heteroatoms. The summed E-state index contributed by atoms with van der Waals surface area (Å²) < 4.78 is 43.7. The highest BCUT2D eigenvalue weighted by Gasteiger charge is 2.49. The number of amides is 2. The molecule has 1 aromatic rings. The van der Waals surface area contributed by atoms with Crippen LogP contribution in [-0.2, 0) is 0 Å². The lowest BCUT2D eigenvalue weighted by Crippen LogP contribution is -2.40. The number of carbonyl (C=O) groups is 1. The standard InChI is InChI=1S/C13H14F3N3O2/c14-13(15,16)11-6-19(12(20)18-11)9-3-4-21-10-5-7(17)1-2-8(9)10/h1-2,5,9,11H,3-4,6,17H2,(H,18,20)/t9-,11+/m1/s1. The number of rotatable bonds is 1. The van der Waals surface area contributed by atoms with Crippen molar-refractivity contribution in [1.82, 2.24) is 10.2 Å². The van der Waals surface area contributed by atoms with Gasteiger partial charge in [-0.3, -0.25) is 0 Å². The van der Waals surface area contributed by atoms with Crippen molar-refractivity contribution in [3.63, 3.8) is 0 Å². The number of fused-ring (bicyclic) bond motifs is 1. The zero-order chi connectivity index (χ0) is 15.2. The Morgan fingerprint density at radius 3 is 2.81 bits per heavy atom. The van der Waals surface area contributed by atoms with Crippen LogP contribution in [0.5, 0.6) is 5.75 Å². The van der Waals surface area contributed by atoms with Gasteiger partial charge in [0.15, 0.2) is 0 Å². The molecule has 5 nitrogen and oxygen atoms in total. The van der Waals surface area contributed by atoms with E-state index in [1.54, 1.807) is 18.2 Å². The molecule has 0 aliphatic carbocycles. The summed E-state index contributed by atoms with van der Waals surface area (Å²) in [4.78, 5) is 13.1. The fourth-order valence-corrected chi connectivity index (χ4v) is 2.72. The number of benzene rings is 1. The van der Waals surface area contributed by atoms with Gasteiger partial charge in [-0.05, 0) is 6.07 Å². The third-order valence-electron chi connectivity index (χ3n) is 3.75. The Morgan fingerprint density at radius 2 is 2.14 bits per heavy atom. The number of alkyl halides is 3. The average Bonchev–Trinajstić information content (AvgIpc) is 2.79. The molecular formula is C13H14F3N3O2. The Balaban J connectivity index is 1.88. The van der Waals surface area contributed by atoms with E-state index in [1.165, 1.54) is 4.90 Å². The molecule has 1 saturated heterocycles. The monoisotopic (exact) mass is 301 g/mol. The van der Waals surface area contributed by atoms with Crippen LogP contribution in [0.25, 0.3) is 0 Å². The Bertz CT molecular complexity index is 576. The van der Waals surface area contributed by atoms with Gasteiger partial charge in [0, 0.05) is 23.7 Å². The first-order chi connectivity index (χ1) is 9.86. The van der Waals surface area contributed by atoms with E-state index in [0.29, 0.717) is 30.0 Å². The van der Waals surface area contributed by atoms with E-state index in [9.17, 15) is 18.0 Å². The maximum Gasteiger partial charge on any atom is 0.410 e. The third-order valence-corrected chi connectivity index (χ3v) is 3.75. The number of carbonyl (C=O) groups excluding carboxylic acids is 1. The lowest BCUT2D eigenvalue weighted by Gasteiger charge is -2.32. The molecule has 2 atom stereocenters. The van der Waals surface area contributed by atoms with Crippen LogP contribution >= 0.6 is 0 Å². The van der Waals surface area contributed by atoms with Gasteiger partial charge >= 0.3 is 12.2 Å². The van der Waals surface area contributed by atoms with Crippen LogP contribution in [0.2, 0.25) is 0 Å². The molecule has 2 amide bonds. The molecule has 3 rings (SSSR count). The Hall–Kier alpha value is -2.12. The van der Waals surface area contributed by atoms with E-state index in [1.807, 2.05) is 5.32 Å². The number of ether oxygens (including phenoxy) is 1. The fourth-order valence-electron chi connectivity index (χ4n) is 2.72. The quantitative estimate of drug-likeness (QED) is 0.780. The summed E-state index contributed by atoms with van der Waals surface area (Å²) in [6, 6.07) is 2.01. The number of nitrogens with zero attached hydrogens (tertiary/aromatic N) is 1. The summed E-state index contributed by atoms with van der Waals surface area (Å²) in [6.45, 7) is -0.0571. The molecule has 3 N–H and O–H groups in total. The number of hydrogen-bond donors (Lipinski definition) is 2. The lowest BCUT2D eigenvalue weighted by molar-refractivity contribution is -0.150. The first-order valence-electron chi connectivity index (χ1n) is 6.52. The topological polar surface area (TPSA) is 67.6 Å². The minimum Gasteiger partial charge on any atom is -0.493 e. The minimum absolute atomic E-state index is 0.335. The lowest BCUT2D eigenvalue weighted by atomic mass is 9.98. The number of halogens is 3. The molecule has 0 bridgehead atoms. The van der Waals surface area contributed by atoms with E-state index in [2.05, 4.69) is 0 Å². The van der Waals surface area contributed by atoms with Gasteiger partial charge in [-0.15, -0.1) is 0 Å². The van der Waals surface area contributed by atoms with Crippen molar-refractivity contribution >= 4 is 11.7 Å². The molecule has 0 radical (unpaired) electrons. The molecule has 114 valence electrons. The zero-order valence-electron chi connectivity index (χ0n) is 11.0. The summed E-state index contributed by atoms with van der Waals surface area (Å²) in [7, 11) is 0. The smallest absolute Gasteiger partial charge is 0.410 e. The summed E-state index contributed by atoms with van der Waals surface area (Å²) in [6.07, 6.45) is -3.99. The maximum absolute atomic E-state index is 12.7. The molecule has 2 heterocycles. The van der Waals surface area contributed by atoms with Gasteiger partial charge in [-0.2, -0.15) is 13.2 Å². The second-order valence-electron chi connectivity index (χ2n) is 5.15. The van der Waals surface area contributed by atoms with Gasteiger partial charge in [0.05, 0.1) is 19.2 Å². The SMILES string of the molecule is Nc1ccc2c(c1)OCC[C@H]2N1C[C@@H](C(F)(F)F)NC1=O. The van der Waals surface area contributed by atoms with Gasteiger partial charge in [0.1, 0.15) is 11.8 Å². The second-order valence-corrected chi connectivity index (χ2v) is 5.15. The minimum atomic E-state index is -4.44. The molecular weight excluding hydrogens is 287 g/mol. The number of nitrogens with one attached hydrogen (secondary N) is 1. The third kappa shape index (κ3) is 2.45. The fraction of sp³-hybridized carbons (Fsp3) is 0.462.